The standard InChI is InChI=1S/C18H18F2N2O3/c1-25-17-4-2-3-12(21-17)8-18(24)22-10-13(23)9-16(22)11-5-6-14(19)15(20)7-11/h2-7,13,16,23H,8-10H2,1H3/t13-,16-/m1/s1. The molecule has 1 saturated heterocycles. The van der Waals surface area contributed by atoms with Crippen molar-refractivity contribution in [1.82, 2.24) is 9.88 Å². The molecule has 0 aliphatic carbocycles. The Kier molecular flexibility index (Phi) is 4.94. The molecule has 132 valence electrons. The molecular weight excluding hydrogens is 330 g/mol. The second kappa shape index (κ2) is 7.14. The lowest BCUT2D eigenvalue weighted by atomic mass is 10.0. The van der Waals surface area contributed by atoms with Crippen LogP contribution in [0.2, 0.25) is 0 Å². The zero-order valence-corrected chi connectivity index (χ0v) is 13.7. The molecule has 1 aliphatic rings. The van der Waals surface area contributed by atoms with Crippen molar-refractivity contribution < 1.29 is 23.4 Å². The summed E-state index contributed by atoms with van der Waals surface area (Å²) in [5, 5.41) is 9.96. The molecule has 2 aromatic rings. The highest BCUT2D eigenvalue weighted by atomic mass is 19.2. The van der Waals surface area contributed by atoms with Gasteiger partial charge < -0.3 is 14.7 Å². The van der Waals surface area contributed by atoms with Crippen LogP contribution in [-0.2, 0) is 11.2 Å². The number of aliphatic hydroxyl groups is 1. The highest BCUT2D eigenvalue weighted by Crippen LogP contribution is 2.33. The van der Waals surface area contributed by atoms with E-state index in [2.05, 4.69) is 4.98 Å². The van der Waals surface area contributed by atoms with E-state index in [0.717, 1.165) is 12.1 Å². The van der Waals surface area contributed by atoms with Gasteiger partial charge in [-0.1, -0.05) is 12.1 Å². The lowest BCUT2D eigenvalue weighted by Crippen LogP contribution is -2.33. The van der Waals surface area contributed by atoms with Crippen molar-refractivity contribution in [1.29, 1.82) is 0 Å². The maximum atomic E-state index is 13.5. The lowest BCUT2D eigenvalue weighted by Gasteiger charge is -2.25. The van der Waals surface area contributed by atoms with Crippen molar-refractivity contribution >= 4 is 5.91 Å². The summed E-state index contributed by atoms with van der Waals surface area (Å²) in [7, 11) is 1.49. The van der Waals surface area contributed by atoms with Crippen molar-refractivity contribution in [3.8, 4) is 5.88 Å². The maximum absolute atomic E-state index is 13.5. The molecule has 7 heteroatoms. The molecule has 1 aromatic carbocycles. The summed E-state index contributed by atoms with van der Waals surface area (Å²) in [6.45, 7) is 0.145. The fourth-order valence-corrected chi connectivity index (χ4v) is 3.05. The fraction of sp³-hybridized carbons (Fsp3) is 0.333. The third-order valence-electron chi connectivity index (χ3n) is 4.25. The van der Waals surface area contributed by atoms with Gasteiger partial charge in [0.15, 0.2) is 11.6 Å². The van der Waals surface area contributed by atoms with Crippen LogP contribution in [0.1, 0.15) is 23.7 Å². The van der Waals surface area contributed by atoms with Gasteiger partial charge in [0, 0.05) is 12.6 Å². The van der Waals surface area contributed by atoms with E-state index in [1.54, 1.807) is 18.2 Å². The maximum Gasteiger partial charge on any atom is 0.229 e. The summed E-state index contributed by atoms with van der Waals surface area (Å²) >= 11 is 0. The Labute approximate surface area is 143 Å². The second-order valence-corrected chi connectivity index (χ2v) is 5.97. The fourth-order valence-electron chi connectivity index (χ4n) is 3.05. The molecule has 0 saturated carbocycles. The van der Waals surface area contributed by atoms with E-state index in [1.165, 1.54) is 18.1 Å². The van der Waals surface area contributed by atoms with Gasteiger partial charge in [-0.2, -0.15) is 0 Å². The average molecular weight is 348 g/mol. The SMILES string of the molecule is COc1cccc(CC(=O)N2C[C@H](O)C[C@@H]2c2ccc(F)c(F)c2)n1. The number of methoxy groups -OCH3 is 1. The van der Waals surface area contributed by atoms with Gasteiger partial charge in [-0.05, 0) is 30.2 Å². The van der Waals surface area contributed by atoms with Gasteiger partial charge in [-0.3, -0.25) is 4.79 Å². The topological polar surface area (TPSA) is 62.7 Å². The number of nitrogens with zero attached hydrogens (tertiary/aromatic N) is 2. The molecule has 0 radical (unpaired) electrons. The first-order chi connectivity index (χ1) is 12.0. The number of aromatic nitrogens is 1. The molecule has 3 rings (SSSR count). The number of β-amino-alcohol motifs (C(OH)–C–C–N with tert-alkyl or cyclic N) is 1. The van der Waals surface area contributed by atoms with E-state index < -0.39 is 23.8 Å². The van der Waals surface area contributed by atoms with Crippen LogP contribution in [0.3, 0.4) is 0 Å². The van der Waals surface area contributed by atoms with Gasteiger partial charge in [0.1, 0.15) is 0 Å². The Morgan fingerprint density at radius 1 is 1.32 bits per heavy atom. The van der Waals surface area contributed by atoms with Crippen molar-refractivity contribution in [2.75, 3.05) is 13.7 Å². The first-order valence-corrected chi connectivity index (χ1v) is 7.90. The number of hydrogen-bond donors (Lipinski definition) is 1. The Hall–Kier alpha value is -2.54. The monoisotopic (exact) mass is 348 g/mol. The predicted octanol–water partition coefficient (Wildman–Crippen LogP) is 2.25. The van der Waals surface area contributed by atoms with Crippen molar-refractivity contribution in [2.24, 2.45) is 0 Å². The van der Waals surface area contributed by atoms with E-state index >= 15 is 0 Å². The van der Waals surface area contributed by atoms with Crippen LogP contribution < -0.4 is 4.74 Å². The zero-order chi connectivity index (χ0) is 18.0. The summed E-state index contributed by atoms with van der Waals surface area (Å²) < 4.78 is 31.7. The van der Waals surface area contributed by atoms with Crippen LogP contribution in [0, 0.1) is 11.6 Å². The smallest absolute Gasteiger partial charge is 0.229 e. The molecule has 25 heavy (non-hydrogen) atoms. The number of pyridine rings is 1. The summed E-state index contributed by atoms with van der Waals surface area (Å²) in [6.07, 6.45) is -0.396. The third kappa shape index (κ3) is 3.76. The number of rotatable bonds is 4. The molecule has 1 amide bonds. The largest absolute Gasteiger partial charge is 0.481 e. The van der Waals surface area contributed by atoms with Gasteiger partial charge in [-0.15, -0.1) is 0 Å². The van der Waals surface area contributed by atoms with Crippen molar-refractivity contribution in [3.63, 3.8) is 0 Å². The number of aliphatic hydroxyl groups excluding tert-OH is 1. The Bertz CT molecular complexity index is 785. The highest BCUT2D eigenvalue weighted by molar-refractivity contribution is 5.79. The van der Waals surface area contributed by atoms with Crippen LogP contribution in [-0.4, -0.2) is 40.7 Å². The summed E-state index contributed by atoms with van der Waals surface area (Å²) in [6, 6.07) is 8.16. The molecule has 2 atom stereocenters. The minimum absolute atomic E-state index is 0.0318. The van der Waals surface area contributed by atoms with E-state index in [4.69, 9.17) is 4.74 Å². The van der Waals surface area contributed by atoms with Gasteiger partial charge in [-0.25, -0.2) is 13.8 Å². The number of likely N-dealkylation sites (tertiary alicyclic amines) is 1. The molecule has 1 fully saturated rings. The van der Waals surface area contributed by atoms with Crippen molar-refractivity contribution in [3.05, 3.63) is 59.3 Å². The molecule has 0 spiro atoms. The third-order valence-corrected chi connectivity index (χ3v) is 4.25. The van der Waals surface area contributed by atoms with Crippen LogP contribution in [0.4, 0.5) is 8.78 Å². The number of benzene rings is 1. The number of hydrogen-bond acceptors (Lipinski definition) is 4. The lowest BCUT2D eigenvalue weighted by molar-refractivity contribution is -0.131. The second-order valence-electron chi connectivity index (χ2n) is 5.97. The molecule has 1 N–H and O–H groups in total. The number of carbonyl (C=O) groups excluding carboxylic acids is 1. The van der Waals surface area contributed by atoms with Gasteiger partial charge in [0.25, 0.3) is 0 Å². The van der Waals surface area contributed by atoms with Crippen molar-refractivity contribution in [2.45, 2.75) is 25.0 Å². The number of ether oxygens (including phenoxy) is 1. The molecule has 1 aromatic heterocycles. The zero-order valence-electron chi connectivity index (χ0n) is 13.7. The van der Waals surface area contributed by atoms with Crippen LogP contribution in [0.5, 0.6) is 5.88 Å². The number of amides is 1. The van der Waals surface area contributed by atoms with Crippen LogP contribution >= 0.6 is 0 Å². The van der Waals surface area contributed by atoms with E-state index in [9.17, 15) is 18.7 Å². The predicted molar refractivity (Wildman–Crippen MR) is 85.9 cm³/mol. The van der Waals surface area contributed by atoms with Gasteiger partial charge >= 0.3 is 0 Å². The van der Waals surface area contributed by atoms with Crippen LogP contribution in [0.15, 0.2) is 36.4 Å². The Balaban J connectivity index is 1.80. The minimum Gasteiger partial charge on any atom is -0.481 e. The molecule has 0 bridgehead atoms. The number of halogens is 2. The van der Waals surface area contributed by atoms with Crippen LogP contribution in [0.25, 0.3) is 0 Å². The van der Waals surface area contributed by atoms with Gasteiger partial charge in [0.05, 0.1) is 31.4 Å². The quantitative estimate of drug-likeness (QED) is 0.921. The molecule has 1 aliphatic heterocycles. The normalized spacial score (nSPS) is 19.9. The Morgan fingerprint density at radius 3 is 2.84 bits per heavy atom. The summed E-state index contributed by atoms with van der Waals surface area (Å²) in [5.41, 5.74) is 0.997. The molecular formula is C18H18F2N2O3. The Morgan fingerprint density at radius 2 is 2.12 bits per heavy atom. The molecule has 5 nitrogen and oxygen atoms in total. The van der Waals surface area contributed by atoms with E-state index in [1.807, 2.05) is 0 Å². The minimum atomic E-state index is -0.972. The van der Waals surface area contributed by atoms with E-state index in [0.29, 0.717) is 17.1 Å². The molecule has 2 heterocycles. The highest BCUT2D eigenvalue weighted by Gasteiger charge is 2.35. The van der Waals surface area contributed by atoms with Gasteiger partial charge in [0.2, 0.25) is 11.8 Å². The first kappa shape index (κ1) is 17.3. The summed E-state index contributed by atoms with van der Waals surface area (Å²) in [4.78, 5) is 18.3. The molecule has 0 unspecified atom stereocenters. The summed E-state index contributed by atoms with van der Waals surface area (Å²) in [5.74, 6) is -1.75. The average Bonchev–Trinajstić information content (AvgIpc) is 2.99. The number of carbonyl (C=O) groups is 1. The first-order valence-electron chi connectivity index (χ1n) is 7.90. The van der Waals surface area contributed by atoms with E-state index in [-0.39, 0.29) is 25.3 Å².